The van der Waals surface area contributed by atoms with E-state index in [0.717, 1.165) is 26.1 Å². The van der Waals surface area contributed by atoms with Crippen molar-refractivity contribution in [3.05, 3.63) is 35.5 Å². The number of piperazine rings is 1. The fourth-order valence-corrected chi connectivity index (χ4v) is 3.32. The molecule has 114 valence electrons. The van der Waals surface area contributed by atoms with Crippen LogP contribution in [0.5, 0.6) is 0 Å². The van der Waals surface area contributed by atoms with Gasteiger partial charge in [0.25, 0.3) is 0 Å². The lowest BCUT2D eigenvalue weighted by atomic mass is 10.1. The predicted octanol–water partition coefficient (Wildman–Crippen LogP) is 2.81. The summed E-state index contributed by atoms with van der Waals surface area (Å²) in [5.74, 6) is 0. The molecule has 3 rings (SSSR count). The second kappa shape index (κ2) is 6.63. The zero-order valence-electron chi connectivity index (χ0n) is 13.4. The summed E-state index contributed by atoms with van der Waals surface area (Å²) in [7, 11) is 0. The smallest absolute Gasteiger partial charge is 0.0483 e. The van der Waals surface area contributed by atoms with E-state index in [9.17, 15) is 0 Å². The van der Waals surface area contributed by atoms with Gasteiger partial charge in [-0.15, -0.1) is 0 Å². The van der Waals surface area contributed by atoms with Crippen LogP contribution in [0.3, 0.4) is 0 Å². The van der Waals surface area contributed by atoms with E-state index in [1.165, 1.54) is 48.1 Å². The van der Waals surface area contributed by atoms with Crippen LogP contribution in [-0.2, 0) is 13.0 Å². The molecule has 1 aromatic heterocycles. The van der Waals surface area contributed by atoms with E-state index < -0.39 is 0 Å². The summed E-state index contributed by atoms with van der Waals surface area (Å²) in [5, 5.41) is 4.88. The van der Waals surface area contributed by atoms with E-state index in [1.54, 1.807) is 0 Å². The molecule has 0 spiro atoms. The lowest BCUT2D eigenvalue weighted by molar-refractivity contribution is 0.244. The molecule has 3 heteroatoms. The zero-order valence-corrected chi connectivity index (χ0v) is 13.4. The molecule has 2 heterocycles. The molecule has 1 fully saturated rings. The van der Waals surface area contributed by atoms with Crippen molar-refractivity contribution in [2.75, 3.05) is 32.7 Å². The van der Waals surface area contributed by atoms with Crippen LogP contribution < -0.4 is 5.32 Å². The summed E-state index contributed by atoms with van der Waals surface area (Å²) in [6, 6.07) is 6.87. The third-order valence-corrected chi connectivity index (χ3v) is 4.49. The van der Waals surface area contributed by atoms with E-state index in [2.05, 4.69) is 53.0 Å². The SMILES string of the molecule is CCCn1cc(CCN2CCNCC2)c2cc(C)ccc21. The molecule has 0 radical (unpaired) electrons. The van der Waals surface area contributed by atoms with Crippen LogP contribution in [0.2, 0.25) is 0 Å². The minimum absolute atomic E-state index is 1.12. The van der Waals surface area contributed by atoms with Gasteiger partial charge in [-0.2, -0.15) is 0 Å². The van der Waals surface area contributed by atoms with Crippen molar-refractivity contribution in [2.45, 2.75) is 33.2 Å². The van der Waals surface area contributed by atoms with Gasteiger partial charge in [0, 0.05) is 56.4 Å². The van der Waals surface area contributed by atoms with Crippen molar-refractivity contribution in [1.29, 1.82) is 0 Å². The molecule has 0 saturated carbocycles. The van der Waals surface area contributed by atoms with Gasteiger partial charge in [-0.25, -0.2) is 0 Å². The van der Waals surface area contributed by atoms with Gasteiger partial charge in [0.05, 0.1) is 0 Å². The molecule has 1 aromatic carbocycles. The molecule has 0 amide bonds. The number of aromatic nitrogens is 1. The Balaban J connectivity index is 1.81. The molecule has 0 aliphatic carbocycles. The van der Waals surface area contributed by atoms with Gasteiger partial charge in [-0.1, -0.05) is 18.6 Å². The molecule has 1 saturated heterocycles. The van der Waals surface area contributed by atoms with Crippen LogP contribution in [0.25, 0.3) is 10.9 Å². The van der Waals surface area contributed by atoms with E-state index in [0.29, 0.717) is 0 Å². The average molecular weight is 285 g/mol. The highest BCUT2D eigenvalue weighted by Crippen LogP contribution is 2.24. The molecular weight excluding hydrogens is 258 g/mol. The third-order valence-electron chi connectivity index (χ3n) is 4.49. The Bertz CT molecular complexity index is 594. The first kappa shape index (κ1) is 14.6. The first-order valence-corrected chi connectivity index (χ1v) is 8.29. The van der Waals surface area contributed by atoms with Crippen LogP contribution in [0.1, 0.15) is 24.5 Å². The van der Waals surface area contributed by atoms with E-state index in [4.69, 9.17) is 0 Å². The maximum Gasteiger partial charge on any atom is 0.0483 e. The Morgan fingerprint density at radius 2 is 1.95 bits per heavy atom. The van der Waals surface area contributed by atoms with Crippen LogP contribution in [-0.4, -0.2) is 42.2 Å². The van der Waals surface area contributed by atoms with Gasteiger partial charge in [-0.3, -0.25) is 0 Å². The maximum absolute atomic E-state index is 3.43. The number of rotatable bonds is 5. The van der Waals surface area contributed by atoms with E-state index in [-0.39, 0.29) is 0 Å². The Hall–Kier alpha value is -1.32. The minimum atomic E-state index is 1.12. The highest BCUT2D eigenvalue weighted by Gasteiger charge is 2.12. The fourth-order valence-electron chi connectivity index (χ4n) is 3.32. The molecule has 0 unspecified atom stereocenters. The maximum atomic E-state index is 3.43. The Kier molecular flexibility index (Phi) is 4.61. The molecule has 2 aromatic rings. The quantitative estimate of drug-likeness (QED) is 0.911. The molecule has 1 N–H and O–H groups in total. The second-order valence-corrected chi connectivity index (χ2v) is 6.21. The molecular formula is C18H27N3. The highest BCUT2D eigenvalue weighted by molar-refractivity contribution is 5.84. The van der Waals surface area contributed by atoms with Crippen molar-refractivity contribution in [3.8, 4) is 0 Å². The van der Waals surface area contributed by atoms with Gasteiger partial charge in [0.1, 0.15) is 0 Å². The highest BCUT2D eigenvalue weighted by atomic mass is 15.2. The lowest BCUT2D eigenvalue weighted by Crippen LogP contribution is -2.44. The van der Waals surface area contributed by atoms with Crippen molar-refractivity contribution < 1.29 is 0 Å². The number of nitrogens with zero attached hydrogens (tertiary/aromatic N) is 2. The van der Waals surface area contributed by atoms with Crippen molar-refractivity contribution in [2.24, 2.45) is 0 Å². The Morgan fingerprint density at radius 3 is 2.71 bits per heavy atom. The zero-order chi connectivity index (χ0) is 14.7. The number of fused-ring (bicyclic) bond motifs is 1. The van der Waals surface area contributed by atoms with Crippen molar-refractivity contribution in [1.82, 2.24) is 14.8 Å². The van der Waals surface area contributed by atoms with Crippen molar-refractivity contribution >= 4 is 10.9 Å². The van der Waals surface area contributed by atoms with Crippen LogP contribution >= 0.6 is 0 Å². The monoisotopic (exact) mass is 285 g/mol. The number of nitrogens with one attached hydrogen (secondary N) is 1. The number of hydrogen-bond acceptors (Lipinski definition) is 2. The standard InChI is InChI=1S/C18H27N3/c1-3-9-21-14-16(6-10-20-11-7-19-8-12-20)17-13-15(2)4-5-18(17)21/h4-5,13-14,19H,3,6-12H2,1-2H3. The van der Waals surface area contributed by atoms with Gasteiger partial charge >= 0.3 is 0 Å². The molecule has 21 heavy (non-hydrogen) atoms. The van der Waals surface area contributed by atoms with E-state index in [1.807, 2.05) is 0 Å². The Labute approximate surface area is 127 Å². The molecule has 1 aliphatic heterocycles. The number of hydrogen-bond donors (Lipinski definition) is 1. The summed E-state index contributed by atoms with van der Waals surface area (Å²) in [6.45, 7) is 11.4. The molecule has 0 bridgehead atoms. The summed E-state index contributed by atoms with van der Waals surface area (Å²) < 4.78 is 2.43. The van der Waals surface area contributed by atoms with E-state index >= 15 is 0 Å². The number of aryl methyl sites for hydroxylation is 2. The minimum Gasteiger partial charge on any atom is -0.347 e. The summed E-state index contributed by atoms with van der Waals surface area (Å²) in [6.07, 6.45) is 4.74. The summed E-state index contributed by atoms with van der Waals surface area (Å²) in [5.41, 5.74) is 4.28. The first-order chi connectivity index (χ1) is 10.3. The topological polar surface area (TPSA) is 20.2 Å². The van der Waals surface area contributed by atoms with Crippen LogP contribution in [0.4, 0.5) is 0 Å². The molecule has 3 nitrogen and oxygen atoms in total. The number of benzene rings is 1. The third kappa shape index (κ3) is 3.30. The fraction of sp³-hybridized carbons (Fsp3) is 0.556. The Morgan fingerprint density at radius 1 is 1.14 bits per heavy atom. The lowest BCUT2D eigenvalue weighted by Gasteiger charge is -2.26. The van der Waals surface area contributed by atoms with Gasteiger partial charge in [0.15, 0.2) is 0 Å². The summed E-state index contributed by atoms with van der Waals surface area (Å²) in [4.78, 5) is 2.58. The van der Waals surface area contributed by atoms with Crippen LogP contribution in [0.15, 0.2) is 24.4 Å². The van der Waals surface area contributed by atoms with Crippen molar-refractivity contribution in [3.63, 3.8) is 0 Å². The van der Waals surface area contributed by atoms with Gasteiger partial charge in [0.2, 0.25) is 0 Å². The van der Waals surface area contributed by atoms with Gasteiger partial charge < -0.3 is 14.8 Å². The average Bonchev–Trinajstić information content (AvgIpc) is 2.84. The van der Waals surface area contributed by atoms with Gasteiger partial charge in [-0.05, 0) is 37.5 Å². The first-order valence-electron chi connectivity index (χ1n) is 8.29. The predicted molar refractivity (Wildman–Crippen MR) is 90.0 cm³/mol. The molecule has 0 atom stereocenters. The second-order valence-electron chi connectivity index (χ2n) is 6.21. The van der Waals surface area contributed by atoms with Crippen LogP contribution in [0, 0.1) is 6.92 Å². The largest absolute Gasteiger partial charge is 0.347 e. The summed E-state index contributed by atoms with van der Waals surface area (Å²) >= 11 is 0. The molecule has 1 aliphatic rings. The normalized spacial score (nSPS) is 16.7.